The van der Waals surface area contributed by atoms with E-state index in [4.69, 9.17) is 4.74 Å². The summed E-state index contributed by atoms with van der Waals surface area (Å²) in [5.74, 6) is 0.109. The van der Waals surface area contributed by atoms with Crippen molar-refractivity contribution >= 4 is 10.9 Å². The summed E-state index contributed by atoms with van der Waals surface area (Å²) in [7, 11) is 1.54. The molecule has 1 unspecified atom stereocenters. The number of ether oxygens (including phenoxy) is 1. The monoisotopic (exact) mass is 221 g/mol. The number of hydrogen-bond donors (Lipinski definition) is 1. The summed E-state index contributed by atoms with van der Waals surface area (Å²) in [6.07, 6.45) is 0.245. The molecule has 16 heavy (non-hydrogen) atoms. The van der Waals surface area contributed by atoms with Gasteiger partial charge in [0.15, 0.2) is 0 Å². The summed E-state index contributed by atoms with van der Waals surface area (Å²) in [4.78, 5) is 3.96. The van der Waals surface area contributed by atoms with Gasteiger partial charge < -0.3 is 9.84 Å². The molecule has 3 nitrogen and oxygen atoms in total. The van der Waals surface area contributed by atoms with Gasteiger partial charge in [0.1, 0.15) is 11.6 Å². The maximum atomic E-state index is 13.5. The maximum Gasteiger partial charge on any atom is 0.147 e. The van der Waals surface area contributed by atoms with Crippen LogP contribution in [0.4, 0.5) is 4.39 Å². The van der Waals surface area contributed by atoms with Crippen molar-refractivity contribution in [3.63, 3.8) is 0 Å². The SMILES string of the molecule is COc1ccc2ncc(F)c(C(C)O)c2c1. The lowest BCUT2D eigenvalue weighted by atomic mass is 10.0. The minimum Gasteiger partial charge on any atom is -0.497 e. The Labute approximate surface area is 92.5 Å². The van der Waals surface area contributed by atoms with Gasteiger partial charge in [0.25, 0.3) is 0 Å². The first kappa shape index (κ1) is 10.8. The van der Waals surface area contributed by atoms with Crippen LogP contribution in [0.25, 0.3) is 10.9 Å². The highest BCUT2D eigenvalue weighted by Gasteiger charge is 2.13. The number of nitrogens with zero attached hydrogens (tertiary/aromatic N) is 1. The maximum absolute atomic E-state index is 13.5. The fourth-order valence-electron chi connectivity index (χ4n) is 1.72. The molecule has 0 aliphatic carbocycles. The number of halogens is 1. The molecule has 0 saturated heterocycles. The van der Waals surface area contributed by atoms with Crippen LogP contribution in [0.2, 0.25) is 0 Å². The van der Waals surface area contributed by atoms with Gasteiger partial charge in [0, 0.05) is 10.9 Å². The quantitative estimate of drug-likeness (QED) is 0.846. The first-order valence-corrected chi connectivity index (χ1v) is 4.93. The van der Waals surface area contributed by atoms with E-state index in [2.05, 4.69) is 4.98 Å². The highest BCUT2D eigenvalue weighted by molar-refractivity contribution is 5.84. The van der Waals surface area contributed by atoms with E-state index >= 15 is 0 Å². The average Bonchev–Trinajstić information content (AvgIpc) is 2.27. The summed E-state index contributed by atoms with van der Waals surface area (Å²) in [5, 5.41) is 10.1. The van der Waals surface area contributed by atoms with Gasteiger partial charge in [-0.25, -0.2) is 4.39 Å². The molecule has 0 aliphatic heterocycles. The molecule has 0 radical (unpaired) electrons. The van der Waals surface area contributed by atoms with E-state index in [1.807, 2.05) is 0 Å². The summed E-state index contributed by atoms with van der Waals surface area (Å²) in [6.45, 7) is 1.53. The van der Waals surface area contributed by atoms with Crippen molar-refractivity contribution in [1.29, 1.82) is 0 Å². The molecule has 4 heteroatoms. The van der Waals surface area contributed by atoms with E-state index in [1.54, 1.807) is 18.2 Å². The zero-order valence-corrected chi connectivity index (χ0v) is 9.07. The summed E-state index contributed by atoms with van der Waals surface area (Å²) in [5.41, 5.74) is 0.891. The number of hydrogen-bond acceptors (Lipinski definition) is 3. The number of methoxy groups -OCH3 is 1. The minimum atomic E-state index is -0.877. The molecule has 1 N–H and O–H groups in total. The molecule has 0 bridgehead atoms. The zero-order valence-electron chi connectivity index (χ0n) is 9.07. The highest BCUT2D eigenvalue weighted by Crippen LogP contribution is 2.28. The summed E-state index contributed by atoms with van der Waals surface area (Å²) in [6, 6.07) is 5.16. The van der Waals surface area contributed by atoms with Crippen LogP contribution in [-0.4, -0.2) is 17.2 Å². The topological polar surface area (TPSA) is 42.4 Å². The van der Waals surface area contributed by atoms with Crippen LogP contribution in [0.1, 0.15) is 18.6 Å². The third-order valence-electron chi connectivity index (χ3n) is 2.49. The molecule has 1 aromatic carbocycles. The fraction of sp³-hybridized carbons (Fsp3) is 0.250. The molecule has 84 valence electrons. The minimum absolute atomic E-state index is 0.254. The van der Waals surface area contributed by atoms with Crippen molar-refractivity contribution in [3.05, 3.63) is 35.8 Å². The lowest BCUT2D eigenvalue weighted by Gasteiger charge is -2.10. The Balaban J connectivity index is 2.78. The van der Waals surface area contributed by atoms with E-state index in [0.29, 0.717) is 16.7 Å². The largest absolute Gasteiger partial charge is 0.497 e. The molecule has 0 spiro atoms. The van der Waals surface area contributed by atoms with Crippen LogP contribution in [0.3, 0.4) is 0 Å². The third-order valence-corrected chi connectivity index (χ3v) is 2.49. The molecular weight excluding hydrogens is 209 g/mol. The second-order valence-electron chi connectivity index (χ2n) is 3.58. The third kappa shape index (κ3) is 1.72. The standard InChI is InChI=1S/C12H12FNO2/c1-7(15)12-9-5-8(16-2)3-4-11(9)14-6-10(12)13/h3-7,15H,1-2H3. The van der Waals surface area contributed by atoms with Gasteiger partial charge in [-0.2, -0.15) is 0 Å². The van der Waals surface area contributed by atoms with Gasteiger partial charge in [-0.1, -0.05) is 0 Å². The van der Waals surface area contributed by atoms with Crippen molar-refractivity contribution in [2.45, 2.75) is 13.0 Å². The first-order valence-electron chi connectivity index (χ1n) is 4.93. The van der Waals surface area contributed by atoms with E-state index in [9.17, 15) is 9.50 Å². The molecule has 2 rings (SSSR count). The molecule has 0 amide bonds. The lowest BCUT2D eigenvalue weighted by Crippen LogP contribution is -1.99. The van der Waals surface area contributed by atoms with Crippen molar-refractivity contribution < 1.29 is 14.2 Å². The zero-order chi connectivity index (χ0) is 11.7. The van der Waals surface area contributed by atoms with Crippen molar-refractivity contribution in [3.8, 4) is 5.75 Å². The van der Waals surface area contributed by atoms with E-state index in [1.165, 1.54) is 14.0 Å². The van der Waals surface area contributed by atoms with Crippen molar-refractivity contribution in [2.24, 2.45) is 0 Å². The Kier molecular flexibility index (Phi) is 2.75. The number of aliphatic hydroxyl groups excluding tert-OH is 1. The number of aliphatic hydroxyl groups is 1. The molecule has 1 atom stereocenters. The Morgan fingerprint density at radius 1 is 1.44 bits per heavy atom. The summed E-state index contributed by atoms with van der Waals surface area (Å²) < 4.78 is 18.6. The Morgan fingerprint density at radius 2 is 2.19 bits per heavy atom. The number of benzene rings is 1. The predicted octanol–water partition coefficient (Wildman–Crippen LogP) is 2.44. The first-order chi connectivity index (χ1) is 7.63. The lowest BCUT2D eigenvalue weighted by molar-refractivity contribution is 0.196. The molecule has 1 heterocycles. The molecular formula is C12H12FNO2. The van der Waals surface area contributed by atoms with Crippen molar-refractivity contribution in [1.82, 2.24) is 4.98 Å². The number of pyridine rings is 1. The van der Waals surface area contributed by atoms with Crippen LogP contribution >= 0.6 is 0 Å². The van der Waals surface area contributed by atoms with Gasteiger partial charge >= 0.3 is 0 Å². The Bertz CT molecular complexity index is 526. The van der Waals surface area contributed by atoms with Gasteiger partial charge in [-0.3, -0.25) is 4.98 Å². The van der Waals surface area contributed by atoms with Gasteiger partial charge in [-0.15, -0.1) is 0 Å². The molecule has 0 saturated carbocycles. The van der Waals surface area contributed by atoms with E-state index in [0.717, 1.165) is 6.20 Å². The Morgan fingerprint density at radius 3 is 2.81 bits per heavy atom. The normalized spacial score (nSPS) is 12.8. The average molecular weight is 221 g/mol. The van der Waals surface area contributed by atoms with Crippen LogP contribution in [-0.2, 0) is 0 Å². The molecule has 0 fully saturated rings. The van der Waals surface area contributed by atoms with Gasteiger partial charge in [0.05, 0.1) is 24.9 Å². The van der Waals surface area contributed by atoms with Crippen LogP contribution < -0.4 is 4.74 Å². The second kappa shape index (κ2) is 4.06. The Hall–Kier alpha value is -1.68. The predicted molar refractivity (Wildman–Crippen MR) is 58.9 cm³/mol. The number of aromatic nitrogens is 1. The second-order valence-corrected chi connectivity index (χ2v) is 3.58. The van der Waals surface area contributed by atoms with Gasteiger partial charge in [0.2, 0.25) is 0 Å². The van der Waals surface area contributed by atoms with Crippen LogP contribution in [0.5, 0.6) is 5.75 Å². The number of fused-ring (bicyclic) bond motifs is 1. The molecule has 1 aromatic heterocycles. The molecule has 2 aromatic rings. The molecule has 0 aliphatic rings. The summed E-state index contributed by atoms with van der Waals surface area (Å²) >= 11 is 0. The van der Waals surface area contributed by atoms with E-state index in [-0.39, 0.29) is 5.56 Å². The fourth-order valence-corrected chi connectivity index (χ4v) is 1.72. The van der Waals surface area contributed by atoms with Crippen LogP contribution in [0, 0.1) is 5.82 Å². The van der Waals surface area contributed by atoms with Crippen LogP contribution in [0.15, 0.2) is 24.4 Å². The van der Waals surface area contributed by atoms with E-state index < -0.39 is 11.9 Å². The smallest absolute Gasteiger partial charge is 0.147 e. The highest BCUT2D eigenvalue weighted by atomic mass is 19.1. The van der Waals surface area contributed by atoms with Crippen molar-refractivity contribution in [2.75, 3.05) is 7.11 Å². The van der Waals surface area contributed by atoms with Gasteiger partial charge in [-0.05, 0) is 25.1 Å². The number of rotatable bonds is 2.